The second-order valence-corrected chi connectivity index (χ2v) is 6.29. The van der Waals surface area contributed by atoms with Crippen LogP contribution in [0, 0.1) is 11.7 Å². The lowest BCUT2D eigenvalue weighted by molar-refractivity contribution is -0.127. The first-order valence-electron chi connectivity index (χ1n) is 8.53. The largest absolute Gasteiger partial charge is 0.373 e. The zero-order chi connectivity index (χ0) is 18.8. The van der Waals surface area contributed by atoms with Gasteiger partial charge in [0.2, 0.25) is 5.91 Å². The van der Waals surface area contributed by atoms with Crippen LogP contribution in [0.1, 0.15) is 23.9 Å². The Morgan fingerprint density at radius 1 is 1.41 bits per heavy atom. The Morgan fingerprint density at radius 3 is 3.04 bits per heavy atom. The summed E-state index contributed by atoms with van der Waals surface area (Å²) in [7, 11) is 1.71. The van der Waals surface area contributed by atoms with E-state index in [0.29, 0.717) is 24.5 Å². The number of tetrazole rings is 1. The van der Waals surface area contributed by atoms with Crippen LogP contribution in [0.4, 0.5) is 4.39 Å². The third-order valence-corrected chi connectivity index (χ3v) is 4.59. The molecule has 3 heterocycles. The lowest BCUT2D eigenvalue weighted by Gasteiger charge is -2.16. The third-order valence-electron chi connectivity index (χ3n) is 4.59. The molecule has 9 nitrogen and oxygen atoms in total. The highest BCUT2D eigenvalue weighted by Crippen LogP contribution is 2.35. The fraction of sp³-hybridized carbons (Fsp3) is 0.353. The summed E-state index contributed by atoms with van der Waals surface area (Å²) >= 11 is 0. The maximum absolute atomic E-state index is 14.0. The van der Waals surface area contributed by atoms with E-state index in [0.717, 1.165) is 5.56 Å². The van der Waals surface area contributed by atoms with Crippen LogP contribution >= 0.6 is 0 Å². The molecule has 1 amide bonds. The summed E-state index contributed by atoms with van der Waals surface area (Å²) in [5, 5.41) is 18.2. The number of hydrogen-bond donors (Lipinski definition) is 1. The van der Waals surface area contributed by atoms with Crippen molar-refractivity contribution in [3.63, 3.8) is 0 Å². The van der Waals surface area contributed by atoms with Gasteiger partial charge in [-0.2, -0.15) is 5.10 Å². The van der Waals surface area contributed by atoms with Crippen molar-refractivity contribution in [3.8, 4) is 5.69 Å². The van der Waals surface area contributed by atoms with Gasteiger partial charge < -0.3 is 10.1 Å². The number of para-hydroxylation sites is 1. The second kappa shape index (κ2) is 7.23. The number of benzene rings is 1. The van der Waals surface area contributed by atoms with E-state index in [1.165, 1.54) is 15.4 Å². The Morgan fingerprint density at radius 2 is 2.26 bits per heavy atom. The molecule has 0 saturated carbocycles. The number of nitrogens with zero attached hydrogens (tertiary/aromatic N) is 6. The average Bonchev–Trinajstić information content (AvgIpc) is 3.40. The lowest BCUT2D eigenvalue weighted by Crippen LogP contribution is -2.32. The third kappa shape index (κ3) is 3.43. The fourth-order valence-electron chi connectivity index (χ4n) is 3.13. The molecule has 140 valence electrons. The number of rotatable bonds is 5. The second-order valence-electron chi connectivity index (χ2n) is 6.29. The predicted octanol–water partition coefficient (Wildman–Crippen LogP) is 0.929. The summed E-state index contributed by atoms with van der Waals surface area (Å²) in [6.45, 7) is 0.708. The SMILES string of the molecule is Cn1nnnc1CNC(=O)[C@H]1CCO[C@@H]1c1cnn(-c2ccccc2F)c1. The van der Waals surface area contributed by atoms with Crippen molar-refractivity contribution >= 4 is 5.91 Å². The van der Waals surface area contributed by atoms with Crippen molar-refractivity contribution in [2.24, 2.45) is 13.0 Å². The molecule has 0 radical (unpaired) electrons. The predicted molar refractivity (Wildman–Crippen MR) is 91.0 cm³/mol. The topological polar surface area (TPSA) is 99.8 Å². The van der Waals surface area contributed by atoms with E-state index < -0.39 is 6.10 Å². The van der Waals surface area contributed by atoms with Crippen LogP contribution in [-0.2, 0) is 23.1 Å². The molecular formula is C17H18FN7O2. The van der Waals surface area contributed by atoms with Gasteiger partial charge in [0.15, 0.2) is 5.82 Å². The number of ether oxygens (including phenoxy) is 1. The van der Waals surface area contributed by atoms with E-state index >= 15 is 0 Å². The standard InChI is InChI=1S/C17H18FN7O2/c1-24-15(21-22-23-24)9-19-17(26)12-6-7-27-16(12)11-8-20-25(10-11)14-5-3-2-4-13(14)18/h2-5,8,10,12,16H,6-7,9H2,1H3,(H,19,26)/t12-,16+/m0/s1. The van der Waals surface area contributed by atoms with Crippen LogP contribution in [0.2, 0.25) is 0 Å². The number of hydrogen-bond acceptors (Lipinski definition) is 6. The molecule has 2 atom stereocenters. The van der Waals surface area contributed by atoms with E-state index in [1.54, 1.807) is 37.6 Å². The molecule has 1 aliphatic heterocycles. The quantitative estimate of drug-likeness (QED) is 0.716. The van der Waals surface area contributed by atoms with Gasteiger partial charge in [0, 0.05) is 25.4 Å². The molecule has 2 aromatic heterocycles. The zero-order valence-corrected chi connectivity index (χ0v) is 14.6. The average molecular weight is 371 g/mol. The highest BCUT2D eigenvalue weighted by Gasteiger charge is 2.36. The summed E-state index contributed by atoms with van der Waals surface area (Å²) in [6.07, 6.45) is 3.47. The fourth-order valence-corrected chi connectivity index (χ4v) is 3.13. The Kier molecular flexibility index (Phi) is 4.63. The maximum atomic E-state index is 14.0. The molecule has 1 N–H and O–H groups in total. The molecule has 0 bridgehead atoms. The molecule has 0 aliphatic carbocycles. The Bertz CT molecular complexity index is 954. The molecule has 27 heavy (non-hydrogen) atoms. The lowest BCUT2D eigenvalue weighted by atomic mass is 9.96. The number of carbonyl (C=O) groups excluding carboxylic acids is 1. The molecule has 0 spiro atoms. The summed E-state index contributed by atoms with van der Waals surface area (Å²) in [6, 6.07) is 6.38. The van der Waals surface area contributed by atoms with Crippen LogP contribution in [0.5, 0.6) is 0 Å². The molecule has 0 unspecified atom stereocenters. The molecule has 1 aromatic carbocycles. The highest BCUT2D eigenvalue weighted by molar-refractivity contribution is 5.79. The van der Waals surface area contributed by atoms with Crippen molar-refractivity contribution in [2.75, 3.05) is 6.61 Å². The number of carbonyl (C=O) groups is 1. The van der Waals surface area contributed by atoms with Crippen LogP contribution in [0.3, 0.4) is 0 Å². The molecular weight excluding hydrogens is 353 g/mol. The molecule has 1 aliphatic rings. The molecule has 3 aromatic rings. The van der Waals surface area contributed by atoms with Gasteiger partial charge in [-0.25, -0.2) is 13.8 Å². The van der Waals surface area contributed by atoms with Crippen LogP contribution in [-0.4, -0.2) is 42.5 Å². The number of amides is 1. The Labute approximate surface area is 154 Å². The van der Waals surface area contributed by atoms with Gasteiger partial charge in [-0.05, 0) is 29.0 Å². The molecule has 4 rings (SSSR count). The molecule has 1 saturated heterocycles. The zero-order valence-electron chi connectivity index (χ0n) is 14.6. The van der Waals surface area contributed by atoms with E-state index in [-0.39, 0.29) is 24.2 Å². The number of halogens is 1. The van der Waals surface area contributed by atoms with Gasteiger partial charge in [-0.1, -0.05) is 12.1 Å². The number of aryl methyl sites for hydroxylation is 1. The summed E-state index contributed by atoms with van der Waals surface area (Å²) in [4.78, 5) is 12.6. The van der Waals surface area contributed by atoms with Crippen LogP contribution in [0.25, 0.3) is 5.69 Å². The monoisotopic (exact) mass is 371 g/mol. The van der Waals surface area contributed by atoms with E-state index in [4.69, 9.17) is 4.74 Å². The first-order valence-corrected chi connectivity index (χ1v) is 8.53. The van der Waals surface area contributed by atoms with Gasteiger partial charge in [-0.15, -0.1) is 5.10 Å². The van der Waals surface area contributed by atoms with Crippen molar-refractivity contribution in [1.82, 2.24) is 35.3 Å². The van der Waals surface area contributed by atoms with Gasteiger partial charge >= 0.3 is 0 Å². The highest BCUT2D eigenvalue weighted by atomic mass is 19.1. The minimum Gasteiger partial charge on any atom is -0.373 e. The van der Waals surface area contributed by atoms with Crippen LogP contribution in [0.15, 0.2) is 36.7 Å². The van der Waals surface area contributed by atoms with E-state index in [9.17, 15) is 9.18 Å². The first-order chi connectivity index (χ1) is 13.1. The smallest absolute Gasteiger partial charge is 0.226 e. The van der Waals surface area contributed by atoms with Gasteiger partial charge in [0.1, 0.15) is 11.5 Å². The summed E-state index contributed by atoms with van der Waals surface area (Å²) < 4.78 is 22.7. The maximum Gasteiger partial charge on any atom is 0.226 e. The number of nitrogens with one attached hydrogen (secondary N) is 1. The minimum atomic E-state index is -0.428. The van der Waals surface area contributed by atoms with Gasteiger partial charge in [0.25, 0.3) is 0 Å². The Hall–Kier alpha value is -3.14. The normalized spacial score (nSPS) is 19.3. The van der Waals surface area contributed by atoms with Crippen molar-refractivity contribution in [3.05, 3.63) is 53.9 Å². The summed E-state index contributed by atoms with van der Waals surface area (Å²) in [5.41, 5.74) is 1.08. The molecule has 10 heteroatoms. The van der Waals surface area contributed by atoms with Crippen molar-refractivity contribution in [1.29, 1.82) is 0 Å². The van der Waals surface area contributed by atoms with Crippen molar-refractivity contribution < 1.29 is 13.9 Å². The van der Waals surface area contributed by atoms with Crippen molar-refractivity contribution in [2.45, 2.75) is 19.1 Å². The first kappa shape index (κ1) is 17.3. The van der Waals surface area contributed by atoms with Gasteiger partial charge in [-0.3, -0.25) is 4.79 Å². The summed E-state index contributed by atoms with van der Waals surface area (Å²) in [5.74, 6) is -0.305. The van der Waals surface area contributed by atoms with E-state index in [2.05, 4.69) is 25.9 Å². The minimum absolute atomic E-state index is 0.140. The van der Waals surface area contributed by atoms with Crippen LogP contribution < -0.4 is 5.32 Å². The number of aromatic nitrogens is 6. The molecule has 1 fully saturated rings. The Balaban J connectivity index is 1.48. The van der Waals surface area contributed by atoms with Gasteiger partial charge in [0.05, 0.1) is 24.8 Å². The van der Waals surface area contributed by atoms with E-state index in [1.807, 2.05) is 0 Å².